The molecule has 0 heterocycles. The van der Waals surface area contributed by atoms with E-state index in [4.69, 9.17) is 18.0 Å². The summed E-state index contributed by atoms with van der Waals surface area (Å²) < 4.78 is 21.0. The van der Waals surface area contributed by atoms with Gasteiger partial charge in [0.05, 0.1) is 12.9 Å². The van der Waals surface area contributed by atoms with Crippen LogP contribution in [0.1, 0.15) is 6.42 Å². The van der Waals surface area contributed by atoms with Gasteiger partial charge in [-0.1, -0.05) is 0 Å². The molecule has 0 saturated heterocycles. The first-order valence-corrected chi connectivity index (χ1v) is 7.34. The van der Waals surface area contributed by atoms with E-state index in [1.807, 2.05) is 6.08 Å². The molecule has 0 rings (SSSR count). The summed E-state index contributed by atoms with van der Waals surface area (Å²) in [7, 11) is 2.43. The first kappa shape index (κ1) is 15.0. The summed E-state index contributed by atoms with van der Waals surface area (Å²) in [5.41, 5.74) is 0. The fourth-order valence-electron chi connectivity index (χ4n) is 1.11. The molecule has 4 nitrogen and oxygen atoms in total. The molecule has 0 aliphatic rings. The van der Waals surface area contributed by atoms with Gasteiger partial charge in [0.1, 0.15) is 0 Å². The van der Waals surface area contributed by atoms with Crippen molar-refractivity contribution in [3.05, 3.63) is 12.3 Å². The quantitative estimate of drug-likeness (QED) is 0.293. The van der Waals surface area contributed by atoms with Crippen LogP contribution in [0.5, 0.6) is 0 Å². The molecule has 0 spiro atoms. The Hall–Kier alpha value is -0.0131. The second-order valence-corrected chi connectivity index (χ2v) is 6.28. The van der Waals surface area contributed by atoms with E-state index in [2.05, 4.69) is 12.6 Å². The van der Waals surface area contributed by atoms with E-state index in [1.54, 1.807) is 27.6 Å². The predicted molar refractivity (Wildman–Crippen MR) is 65.2 cm³/mol. The average Bonchev–Trinajstić information content (AvgIpc) is 2.29. The lowest BCUT2D eigenvalue weighted by atomic mass is 10.5. The number of thiol groups is 1. The second kappa shape index (κ2) is 9.23. The van der Waals surface area contributed by atoms with Crippen LogP contribution in [0, 0.1) is 0 Å². The smallest absolute Gasteiger partial charge is 0.500 e. The maximum absolute atomic E-state index is 5.27. The molecular formula is C9H20O4SSi. The van der Waals surface area contributed by atoms with Gasteiger partial charge in [-0.2, -0.15) is 12.6 Å². The molecule has 0 bridgehead atoms. The maximum Gasteiger partial charge on any atom is 0.500 e. The van der Waals surface area contributed by atoms with Gasteiger partial charge in [-0.25, -0.2) is 0 Å². The van der Waals surface area contributed by atoms with Crippen molar-refractivity contribution in [2.75, 3.05) is 33.7 Å². The van der Waals surface area contributed by atoms with Crippen molar-refractivity contribution < 1.29 is 18.0 Å². The minimum Gasteiger partial charge on any atom is -0.502 e. The lowest BCUT2D eigenvalue weighted by molar-refractivity contribution is 0.119. The number of hydrogen-bond acceptors (Lipinski definition) is 5. The number of ether oxygens (including phenoxy) is 1. The van der Waals surface area contributed by atoms with Gasteiger partial charge in [0.15, 0.2) is 0 Å². The minimum absolute atomic E-state index is 0.634. The molecule has 0 fully saturated rings. The van der Waals surface area contributed by atoms with Crippen LogP contribution in [0.25, 0.3) is 0 Å². The van der Waals surface area contributed by atoms with E-state index >= 15 is 0 Å². The Labute approximate surface area is 98.3 Å². The highest BCUT2D eigenvalue weighted by atomic mass is 32.1. The van der Waals surface area contributed by atoms with E-state index in [9.17, 15) is 0 Å². The van der Waals surface area contributed by atoms with Gasteiger partial charge in [0, 0.05) is 33.1 Å². The highest BCUT2D eigenvalue weighted by molar-refractivity contribution is 7.80. The Bertz CT molecular complexity index is 165. The summed E-state index contributed by atoms with van der Waals surface area (Å²) in [5.74, 6) is 0.687. The van der Waals surface area contributed by atoms with Crippen LogP contribution >= 0.6 is 12.6 Å². The van der Waals surface area contributed by atoms with Crippen molar-refractivity contribution in [1.29, 1.82) is 0 Å². The van der Waals surface area contributed by atoms with Crippen LogP contribution in [0.2, 0.25) is 6.04 Å². The van der Waals surface area contributed by atoms with Gasteiger partial charge in [0.25, 0.3) is 0 Å². The molecular weight excluding hydrogens is 232 g/mol. The van der Waals surface area contributed by atoms with Crippen LogP contribution in [0.3, 0.4) is 0 Å². The van der Waals surface area contributed by atoms with Gasteiger partial charge < -0.3 is 18.0 Å². The molecule has 0 aromatic carbocycles. The zero-order valence-electron chi connectivity index (χ0n) is 9.56. The van der Waals surface area contributed by atoms with E-state index in [0.717, 1.165) is 12.5 Å². The molecule has 0 amide bonds. The van der Waals surface area contributed by atoms with Crippen molar-refractivity contribution in [3.8, 4) is 0 Å². The Morgan fingerprint density at radius 3 is 2.20 bits per heavy atom. The third kappa shape index (κ3) is 6.21. The van der Waals surface area contributed by atoms with E-state index in [-0.39, 0.29) is 0 Å². The van der Waals surface area contributed by atoms with Crippen LogP contribution in [-0.2, 0) is 18.0 Å². The molecule has 90 valence electrons. The molecule has 6 heteroatoms. The topological polar surface area (TPSA) is 36.9 Å². The largest absolute Gasteiger partial charge is 0.502 e. The van der Waals surface area contributed by atoms with Gasteiger partial charge in [-0.05, 0) is 12.5 Å². The summed E-state index contributed by atoms with van der Waals surface area (Å²) in [5, 5.41) is 0. The second-order valence-electron chi connectivity index (χ2n) is 2.82. The van der Waals surface area contributed by atoms with E-state index < -0.39 is 8.80 Å². The van der Waals surface area contributed by atoms with Gasteiger partial charge >= 0.3 is 8.80 Å². The minimum atomic E-state index is -2.41. The summed E-state index contributed by atoms with van der Waals surface area (Å²) >= 11 is 4.02. The zero-order chi connectivity index (χ0) is 11.6. The molecule has 0 aliphatic heterocycles. The molecule has 0 aromatic heterocycles. The van der Waals surface area contributed by atoms with Crippen molar-refractivity contribution in [3.63, 3.8) is 0 Å². The fourth-order valence-corrected chi connectivity index (χ4v) is 2.88. The van der Waals surface area contributed by atoms with Gasteiger partial charge in [-0.15, -0.1) is 0 Å². The molecule has 0 aliphatic carbocycles. The third-order valence-corrected chi connectivity index (χ3v) is 5.02. The lowest BCUT2D eigenvalue weighted by Gasteiger charge is -2.23. The summed E-state index contributed by atoms with van der Waals surface area (Å²) in [6.45, 7) is 0.634. The molecule has 0 atom stereocenters. The predicted octanol–water partition coefficient (Wildman–Crippen LogP) is 1.71. The van der Waals surface area contributed by atoms with Crippen LogP contribution < -0.4 is 0 Å². The van der Waals surface area contributed by atoms with Crippen LogP contribution in [-0.4, -0.2) is 42.5 Å². The van der Waals surface area contributed by atoms with E-state index in [0.29, 0.717) is 12.4 Å². The summed E-state index contributed by atoms with van der Waals surface area (Å²) in [4.78, 5) is 0. The normalized spacial score (nSPS) is 12.3. The van der Waals surface area contributed by atoms with Crippen LogP contribution in [0.15, 0.2) is 12.3 Å². The monoisotopic (exact) mass is 252 g/mol. The highest BCUT2D eigenvalue weighted by Gasteiger charge is 2.36. The molecule has 0 N–H and O–H groups in total. The fraction of sp³-hybridized carbons (Fsp3) is 0.778. The number of rotatable bonds is 9. The van der Waals surface area contributed by atoms with Gasteiger partial charge in [-0.3, -0.25) is 0 Å². The van der Waals surface area contributed by atoms with Crippen molar-refractivity contribution in [2.24, 2.45) is 0 Å². The Morgan fingerprint density at radius 1 is 1.13 bits per heavy atom. The summed E-state index contributed by atoms with van der Waals surface area (Å²) in [6.07, 6.45) is 4.35. The molecule has 0 radical (unpaired) electrons. The van der Waals surface area contributed by atoms with Crippen LogP contribution in [0.4, 0.5) is 0 Å². The first-order valence-electron chi connectivity index (χ1n) is 4.77. The van der Waals surface area contributed by atoms with Gasteiger partial charge in [0.2, 0.25) is 0 Å². The molecule has 0 aromatic rings. The molecule has 0 unspecified atom stereocenters. The number of hydrogen-bond donors (Lipinski definition) is 1. The standard InChI is InChI=1S/C9H20O4SSi/c1-10-15(11-2,12-3)9-5-7-13-6-4-8-14/h4,6,14H,5,7-9H2,1-3H3. The Balaban J connectivity index is 3.67. The Morgan fingerprint density at radius 2 is 1.73 bits per heavy atom. The van der Waals surface area contributed by atoms with Crippen molar-refractivity contribution in [2.45, 2.75) is 12.5 Å². The SMILES string of the molecule is CO[Si](CCCOC=CCS)(OC)OC. The Kier molecular flexibility index (Phi) is 9.22. The van der Waals surface area contributed by atoms with E-state index in [1.165, 1.54) is 0 Å². The zero-order valence-corrected chi connectivity index (χ0v) is 11.5. The maximum atomic E-state index is 5.27. The molecule has 0 saturated carbocycles. The average molecular weight is 252 g/mol. The van der Waals surface area contributed by atoms with Crippen molar-refractivity contribution in [1.82, 2.24) is 0 Å². The van der Waals surface area contributed by atoms with Crippen molar-refractivity contribution >= 4 is 21.4 Å². The summed E-state index contributed by atoms with van der Waals surface area (Å²) in [6, 6.07) is 0.755. The third-order valence-electron chi connectivity index (χ3n) is 1.98. The lowest BCUT2D eigenvalue weighted by Crippen LogP contribution is -2.42. The highest BCUT2D eigenvalue weighted by Crippen LogP contribution is 2.14. The molecule has 15 heavy (non-hydrogen) atoms. The first-order chi connectivity index (χ1) is 7.24.